The molecule has 0 amide bonds. The Hall–Kier alpha value is -2.96. The predicted octanol–water partition coefficient (Wildman–Crippen LogP) is 2.97. The molecule has 2 aromatic carbocycles. The number of nitrogens with zero attached hydrogens (tertiary/aromatic N) is 1. The molecule has 1 atom stereocenters. The number of carbonyl (C=O) groups excluding carboxylic acids is 2. The van der Waals surface area contributed by atoms with E-state index >= 15 is 0 Å². The van der Waals surface area contributed by atoms with Crippen LogP contribution in [0.1, 0.15) is 76.3 Å². The zero-order chi connectivity index (χ0) is 21.4. The van der Waals surface area contributed by atoms with E-state index in [9.17, 15) is 14.8 Å². The molecule has 0 saturated heterocycles. The van der Waals surface area contributed by atoms with Gasteiger partial charge in [-0.25, -0.2) is 0 Å². The average Bonchev–Trinajstić information content (AvgIpc) is 2.95. The highest BCUT2D eigenvalue weighted by Crippen LogP contribution is 2.32. The number of carbonyl (C=O) groups is 2. The van der Waals surface area contributed by atoms with E-state index in [-0.39, 0.29) is 28.2 Å². The molecule has 2 aromatic rings. The molecule has 1 unspecified atom stereocenters. The molecule has 1 aliphatic heterocycles. The quantitative estimate of drug-likeness (QED) is 0.666. The van der Waals surface area contributed by atoms with Gasteiger partial charge in [-0.3, -0.25) is 9.59 Å². The third kappa shape index (κ3) is 3.66. The van der Waals surface area contributed by atoms with Crippen molar-refractivity contribution in [1.29, 1.82) is 0 Å². The molecule has 6 nitrogen and oxygen atoms in total. The standard InChI is InChI=1S/C25H27N3O3/c29-24-20-9-5-6-10-21(20)25(30)23-22(24)26-28(31)27(23)16-15-17-11-13-19(14-12-17)18-7-3-1-2-4-8-18/h5-6,9-14,18,26,31H,1-4,7-8,15-16H2/p+1. The number of quaternary nitrogens is 1. The van der Waals surface area contributed by atoms with Crippen LogP contribution in [0.2, 0.25) is 0 Å². The number of fused-ring (bicyclic) bond motifs is 1. The Morgan fingerprint density at radius 2 is 1.55 bits per heavy atom. The molecule has 160 valence electrons. The predicted molar refractivity (Wildman–Crippen MR) is 115 cm³/mol. The SMILES string of the molecule is O=C1C2=C(C(=O)c3ccccc31)N(CCc1ccc(C3CCCCCC3)cc1)[NH+](O)N2. The van der Waals surface area contributed by atoms with Crippen molar-refractivity contribution >= 4 is 11.6 Å². The largest absolute Gasteiger partial charge is 0.287 e. The third-order valence-corrected chi connectivity index (χ3v) is 6.79. The Balaban J connectivity index is 1.30. The number of nitrogens with one attached hydrogen (secondary N) is 2. The summed E-state index contributed by atoms with van der Waals surface area (Å²) in [7, 11) is 0. The van der Waals surface area contributed by atoms with Gasteiger partial charge < -0.3 is 0 Å². The number of rotatable bonds is 4. The fourth-order valence-corrected chi connectivity index (χ4v) is 5.05. The van der Waals surface area contributed by atoms with Crippen molar-refractivity contribution < 1.29 is 20.1 Å². The van der Waals surface area contributed by atoms with Gasteiger partial charge in [-0.1, -0.05) is 74.2 Å². The maximum atomic E-state index is 13.0. The first kappa shape index (κ1) is 20.0. The molecule has 3 N–H and O–H groups in total. The molecule has 0 radical (unpaired) electrons. The van der Waals surface area contributed by atoms with E-state index in [4.69, 9.17) is 0 Å². The van der Waals surface area contributed by atoms with Crippen molar-refractivity contribution in [2.45, 2.75) is 50.9 Å². The molecule has 6 heteroatoms. The second-order valence-electron chi connectivity index (χ2n) is 8.71. The van der Waals surface area contributed by atoms with E-state index in [0.717, 1.165) is 5.56 Å². The van der Waals surface area contributed by atoms with Gasteiger partial charge in [-0.15, -0.1) is 0 Å². The minimum Gasteiger partial charge on any atom is -0.287 e. The zero-order valence-electron chi connectivity index (χ0n) is 17.6. The summed E-state index contributed by atoms with van der Waals surface area (Å²) in [6, 6.07) is 15.6. The van der Waals surface area contributed by atoms with Gasteiger partial charge in [0, 0.05) is 11.1 Å². The minimum atomic E-state index is -0.257. The van der Waals surface area contributed by atoms with Crippen LogP contribution >= 0.6 is 0 Å². The van der Waals surface area contributed by atoms with Crippen LogP contribution in [0.4, 0.5) is 0 Å². The molecule has 0 aromatic heterocycles. The molecule has 1 saturated carbocycles. The van der Waals surface area contributed by atoms with Crippen LogP contribution < -0.4 is 10.7 Å². The lowest BCUT2D eigenvalue weighted by molar-refractivity contribution is -1.20. The van der Waals surface area contributed by atoms with Crippen molar-refractivity contribution in [3.63, 3.8) is 0 Å². The molecule has 31 heavy (non-hydrogen) atoms. The third-order valence-electron chi connectivity index (χ3n) is 6.79. The normalized spacial score (nSPS) is 21.6. The molecular formula is C25H28N3O3+. The maximum absolute atomic E-state index is 13.0. The van der Waals surface area contributed by atoms with Gasteiger partial charge >= 0.3 is 0 Å². The van der Waals surface area contributed by atoms with Crippen molar-refractivity contribution in [2.24, 2.45) is 0 Å². The Morgan fingerprint density at radius 1 is 0.903 bits per heavy atom. The topological polar surface area (TPSA) is 74.1 Å². The van der Waals surface area contributed by atoms with Crippen LogP contribution in [0, 0.1) is 0 Å². The summed E-state index contributed by atoms with van der Waals surface area (Å²) in [5, 5.41) is 11.8. The van der Waals surface area contributed by atoms with Gasteiger partial charge in [0.15, 0.2) is 11.4 Å². The van der Waals surface area contributed by atoms with Crippen LogP contribution in [-0.2, 0) is 6.42 Å². The summed E-state index contributed by atoms with van der Waals surface area (Å²) in [5.74, 6) is 0.174. The van der Waals surface area contributed by atoms with E-state index < -0.39 is 0 Å². The lowest BCUT2D eigenvalue weighted by Gasteiger charge is -2.21. The van der Waals surface area contributed by atoms with Crippen LogP contribution in [0.3, 0.4) is 0 Å². The second-order valence-corrected chi connectivity index (χ2v) is 8.71. The van der Waals surface area contributed by atoms with Gasteiger partial charge in [0.25, 0.3) is 0 Å². The van der Waals surface area contributed by atoms with Gasteiger partial charge in [-0.2, -0.15) is 15.6 Å². The van der Waals surface area contributed by atoms with Gasteiger partial charge in [0.05, 0.1) is 6.54 Å². The van der Waals surface area contributed by atoms with Crippen molar-refractivity contribution in [3.8, 4) is 0 Å². The number of hydrogen-bond donors (Lipinski definition) is 3. The van der Waals surface area contributed by atoms with Gasteiger partial charge in [0.1, 0.15) is 0 Å². The number of allylic oxidation sites excluding steroid dienone is 2. The lowest BCUT2D eigenvalue weighted by atomic mass is 9.90. The molecule has 0 bridgehead atoms. The van der Waals surface area contributed by atoms with Crippen molar-refractivity contribution in [2.75, 3.05) is 6.54 Å². The molecular weight excluding hydrogens is 390 g/mol. The van der Waals surface area contributed by atoms with Crippen molar-refractivity contribution in [1.82, 2.24) is 10.4 Å². The van der Waals surface area contributed by atoms with Gasteiger partial charge in [-0.05, 0) is 41.6 Å². The van der Waals surface area contributed by atoms with Crippen molar-refractivity contribution in [3.05, 3.63) is 82.2 Å². The highest BCUT2D eigenvalue weighted by molar-refractivity contribution is 6.26. The first-order valence-electron chi connectivity index (χ1n) is 11.3. The Labute approximate surface area is 182 Å². The van der Waals surface area contributed by atoms with Crippen LogP contribution in [0.25, 0.3) is 0 Å². The number of hydrogen-bond acceptors (Lipinski definition) is 5. The summed E-state index contributed by atoms with van der Waals surface area (Å²) >= 11 is 0. The minimum absolute atomic E-state index is 0.158. The number of Topliss-reactive ketones (excluding diaryl/α,β-unsaturated/α-hetero) is 2. The van der Waals surface area contributed by atoms with E-state index in [1.807, 2.05) is 0 Å². The molecule has 3 aliphatic rings. The highest BCUT2D eigenvalue weighted by Gasteiger charge is 2.45. The number of benzene rings is 2. The van der Waals surface area contributed by atoms with Gasteiger partial charge in [0.2, 0.25) is 11.6 Å². The highest BCUT2D eigenvalue weighted by atomic mass is 16.6. The Bertz CT molecular complexity index is 1040. The van der Waals surface area contributed by atoms with E-state index in [1.165, 1.54) is 49.1 Å². The maximum Gasteiger partial charge on any atom is 0.217 e. The summed E-state index contributed by atoms with van der Waals surface area (Å²) in [5.41, 5.74) is 6.47. The number of ketones is 2. The second kappa shape index (κ2) is 8.29. The summed E-state index contributed by atoms with van der Waals surface area (Å²) in [6.45, 7) is 0.418. The first-order valence-corrected chi connectivity index (χ1v) is 11.3. The Kier molecular flexibility index (Phi) is 5.34. The average molecular weight is 419 g/mol. The summed E-state index contributed by atoms with van der Waals surface area (Å²) in [6.07, 6.45) is 8.54. The molecule has 2 aliphatic carbocycles. The van der Waals surface area contributed by atoms with E-state index in [2.05, 4.69) is 29.7 Å². The molecule has 0 spiro atoms. The molecule has 1 fully saturated rings. The van der Waals surface area contributed by atoms with E-state index in [0.29, 0.717) is 30.0 Å². The summed E-state index contributed by atoms with van der Waals surface area (Å²) in [4.78, 5) is 25.8. The fraction of sp³-hybridized carbons (Fsp3) is 0.360. The fourth-order valence-electron chi connectivity index (χ4n) is 5.05. The zero-order valence-corrected chi connectivity index (χ0v) is 17.6. The summed E-state index contributed by atoms with van der Waals surface area (Å²) < 4.78 is 0. The van der Waals surface area contributed by atoms with Crippen LogP contribution in [0.5, 0.6) is 0 Å². The Morgan fingerprint density at radius 3 is 2.23 bits per heavy atom. The molecule has 1 heterocycles. The van der Waals surface area contributed by atoms with Crippen LogP contribution in [0.15, 0.2) is 59.9 Å². The monoisotopic (exact) mass is 418 g/mol. The van der Waals surface area contributed by atoms with Crippen LogP contribution in [-0.4, -0.2) is 28.3 Å². The first-order chi connectivity index (χ1) is 15.1. The molecule has 5 rings (SSSR count). The lowest BCUT2D eigenvalue weighted by Crippen LogP contribution is -3.19. The smallest absolute Gasteiger partial charge is 0.217 e. The van der Waals surface area contributed by atoms with E-state index in [1.54, 1.807) is 24.3 Å².